The SMILES string of the molecule is COC(c1nc2cc(Cl)ccc2c(=O)n1Cc1ccccc1)C1CCCC(=O)N1Cc1ccccc1. The van der Waals surface area contributed by atoms with Gasteiger partial charge in [-0.2, -0.15) is 0 Å². The van der Waals surface area contributed by atoms with E-state index in [9.17, 15) is 9.59 Å². The first-order chi connectivity index (χ1) is 17.5. The number of carbonyl (C=O) groups excluding carboxylic acids is 1. The number of piperidine rings is 1. The van der Waals surface area contributed by atoms with E-state index in [0.29, 0.717) is 41.3 Å². The van der Waals surface area contributed by atoms with Gasteiger partial charge in [0.1, 0.15) is 11.9 Å². The van der Waals surface area contributed by atoms with Gasteiger partial charge in [0.15, 0.2) is 0 Å². The number of likely N-dealkylation sites (tertiary alicyclic amines) is 1. The molecule has 2 unspecified atom stereocenters. The van der Waals surface area contributed by atoms with Crippen LogP contribution in [0.2, 0.25) is 5.02 Å². The van der Waals surface area contributed by atoms with Crippen LogP contribution in [0.15, 0.2) is 83.7 Å². The first-order valence-corrected chi connectivity index (χ1v) is 12.5. The standard InChI is InChI=1S/C29H28ClN3O3/c1-36-27(25-13-8-14-26(34)32(25)18-20-9-4-2-5-10-20)28-31-24-17-22(30)15-16-23(24)29(35)33(28)19-21-11-6-3-7-12-21/h2-7,9-12,15-17,25,27H,8,13-14,18-19H2,1H3. The third-order valence-electron chi connectivity index (χ3n) is 6.80. The van der Waals surface area contributed by atoms with Crippen LogP contribution in [0.5, 0.6) is 0 Å². The fourth-order valence-corrected chi connectivity index (χ4v) is 5.20. The molecule has 4 aromatic rings. The van der Waals surface area contributed by atoms with Crippen molar-refractivity contribution in [1.29, 1.82) is 0 Å². The summed E-state index contributed by atoms with van der Waals surface area (Å²) >= 11 is 6.25. The summed E-state index contributed by atoms with van der Waals surface area (Å²) in [5.41, 5.74) is 2.39. The fraction of sp³-hybridized carbons (Fsp3) is 0.276. The van der Waals surface area contributed by atoms with E-state index in [2.05, 4.69) is 0 Å². The fourth-order valence-electron chi connectivity index (χ4n) is 5.03. The number of methoxy groups -OCH3 is 1. The number of halogens is 1. The lowest BCUT2D eigenvalue weighted by Gasteiger charge is -2.40. The lowest BCUT2D eigenvalue weighted by Crippen LogP contribution is -2.48. The second kappa shape index (κ2) is 10.6. The molecule has 0 N–H and O–H groups in total. The zero-order chi connectivity index (χ0) is 25.1. The second-order valence-electron chi connectivity index (χ2n) is 9.13. The van der Waals surface area contributed by atoms with E-state index < -0.39 is 6.10 Å². The highest BCUT2D eigenvalue weighted by Crippen LogP contribution is 2.33. The van der Waals surface area contributed by atoms with Crippen molar-refractivity contribution in [2.24, 2.45) is 0 Å². The molecule has 1 aromatic heterocycles. The maximum Gasteiger partial charge on any atom is 0.261 e. The van der Waals surface area contributed by atoms with Gasteiger partial charge in [-0.15, -0.1) is 0 Å². The van der Waals surface area contributed by atoms with Gasteiger partial charge in [0.25, 0.3) is 5.56 Å². The van der Waals surface area contributed by atoms with Crippen LogP contribution < -0.4 is 5.56 Å². The Kier molecular flexibility index (Phi) is 7.16. The number of hydrogen-bond donors (Lipinski definition) is 0. The Balaban J connectivity index is 1.63. The highest BCUT2D eigenvalue weighted by atomic mass is 35.5. The molecule has 0 saturated carbocycles. The Bertz CT molecular complexity index is 1420. The second-order valence-corrected chi connectivity index (χ2v) is 9.57. The highest BCUT2D eigenvalue weighted by molar-refractivity contribution is 6.31. The predicted octanol–water partition coefficient (Wildman–Crippen LogP) is 5.37. The Hall–Kier alpha value is -3.48. The van der Waals surface area contributed by atoms with Crippen molar-refractivity contribution in [1.82, 2.24) is 14.5 Å². The zero-order valence-corrected chi connectivity index (χ0v) is 20.9. The van der Waals surface area contributed by atoms with Gasteiger partial charge < -0.3 is 9.64 Å². The van der Waals surface area contributed by atoms with Crippen LogP contribution in [0.25, 0.3) is 10.9 Å². The van der Waals surface area contributed by atoms with E-state index in [4.69, 9.17) is 21.3 Å². The molecule has 6 nitrogen and oxygen atoms in total. The Morgan fingerprint density at radius 2 is 1.64 bits per heavy atom. The van der Waals surface area contributed by atoms with Crippen molar-refractivity contribution >= 4 is 28.4 Å². The predicted molar refractivity (Wildman–Crippen MR) is 141 cm³/mol. The molecule has 1 aliphatic rings. The van der Waals surface area contributed by atoms with E-state index in [0.717, 1.165) is 24.0 Å². The first-order valence-electron chi connectivity index (χ1n) is 12.2. The van der Waals surface area contributed by atoms with E-state index in [1.165, 1.54) is 0 Å². The number of hydrogen-bond acceptors (Lipinski definition) is 4. The van der Waals surface area contributed by atoms with E-state index >= 15 is 0 Å². The molecule has 2 heterocycles. The van der Waals surface area contributed by atoms with Gasteiger partial charge in [0.05, 0.1) is 23.5 Å². The number of benzene rings is 3. The number of fused-ring (bicyclic) bond motifs is 1. The number of amides is 1. The topological polar surface area (TPSA) is 64.4 Å². The number of nitrogens with zero attached hydrogens (tertiary/aromatic N) is 3. The Labute approximate surface area is 215 Å². The molecule has 2 atom stereocenters. The highest BCUT2D eigenvalue weighted by Gasteiger charge is 2.37. The van der Waals surface area contributed by atoms with E-state index in [1.807, 2.05) is 65.6 Å². The molecular weight excluding hydrogens is 474 g/mol. The molecule has 36 heavy (non-hydrogen) atoms. The van der Waals surface area contributed by atoms with Gasteiger partial charge in [-0.25, -0.2) is 4.98 Å². The van der Waals surface area contributed by atoms with Crippen molar-refractivity contribution in [3.05, 3.63) is 111 Å². The average molecular weight is 502 g/mol. The maximum absolute atomic E-state index is 13.7. The minimum absolute atomic E-state index is 0.0814. The van der Waals surface area contributed by atoms with Crippen LogP contribution >= 0.6 is 11.6 Å². The van der Waals surface area contributed by atoms with Gasteiger partial charge in [0.2, 0.25) is 5.91 Å². The first kappa shape index (κ1) is 24.2. The van der Waals surface area contributed by atoms with Crippen LogP contribution in [-0.4, -0.2) is 33.5 Å². The summed E-state index contributed by atoms with van der Waals surface area (Å²) in [6.45, 7) is 0.826. The summed E-state index contributed by atoms with van der Waals surface area (Å²) in [6, 6.07) is 24.6. The molecule has 0 radical (unpaired) electrons. The summed E-state index contributed by atoms with van der Waals surface area (Å²) in [4.78, 5) is 33.7. The smallest absolute Gasteiger partial charge is 0.261 e. The monoisotopic (exact) mass is 501 g/mol. The van der Waals surface area contributed by atoms with Gasteiger partial charge in [-0.1, -0.05) is 72.3 Å². The Morgan fingerprint density at radius 3 is 2.31 bits per heavy atom. The van der Waals surface area contributed by atoms with E-state index in [1.54, 1.807) is 29.9 Å². The molecule has 7 heteroatoms. The van der Waals surface area contributed by atoms with Gasteiger partial charge in [0, 0.05) is 25.1 Å². The summed E-state index contributed by atoms with van der Waals surface area (Å²) in [5, 5.41) is 1.00. The van der Waals surface area contributed by atoms with Crippen LogP contribution in [0.3, 0.4) is 0 Å². The van der Waals surface area contributed by atoms with Gasteiger partial charge >= 0.3 is 0 Å². The molecule has 3 aromatic carbocycles. The molecule has 0 spiro atoms. The lowest BCUT2D eigenvalue weighted by molar-refractivity contribution is -0.142. The van der Waals surface area contributed by atoms with Crippen LogP contribution in [0.1, 0.15) is 42.3 Å². The van der Waals surface area contributed by atoms with Crippen molar-refractivity contribution in [2.45, 2.75) is 44.5 Å². The molecular formula is C29H28ClN3O3. The van der Waals surface area contributed by atoms with Gasteiger partial charge in [-0.3, -0.25) is 14.2 Å². The number of aromatic nitrogens is 2. The largest absolute Gasteiger partial charge is 0.371 e. The molecule has 1 fully saturated rings. The molecule has 1 amide bonds. The van der Waals surface area contributed by atoms with Gasteiger partial charge in [-0.05, 0) is 42.2 Å². The van der Waals surface area contributed by atoms with Crippen molar-refractivity contribution in [3.8, 4) is 0 Å². The minimum atomic E-state index is -0.585. The number of rotatable bonds is 7. The van der Waals surface area contributed by atoms with Crippen molar-refractivity contribution in [3.63, 3.8) is 0 Å². The van der Waals surface area contributed by atoms with Crippen LogP contribution in [0, 0.1) is 0 Å². The van der Waals surface area contributed by atoms with E-state index in [-0.39, 0.29) is 17.5 Å². The molecule has 184 valence electrons. The average Bonchev–Trinajstić information content (AvgIpc) is 2.89. The lowest BCUT2D eigenvalue weighted by atomic mass is 9.95. The summed E-state index contributed by atoms with van der Waals surface area (Å²) in [5.74, 6) is 0.580. The van der Waals surface area contributed by atoms with Crippen molar-refractivity contribution < 1.29 is 9.53 Å². The molecule has 1 aliphatic heterocycles. The minimum Gasteiger partial charge on any atom is -0.371 e. The number of ether oxygens (including phenoxy) is 1. The normalized spacial score (nSPS) is 16.9. The quantitative estimate of drug-likeness (QED) is 0.341. The van der Waals surface area contributed by atoms with Crippen molar-refractivity contribution in [2.75, 3.05) is 7.11 Å². The van der Waals surface area contributed by atoms with Crippen LogP contribution in [0.4, 0.5) is 0 Å². The zero-order valence-electron chi connectivity index (χ0n) is 20.1. The molecule has 0 bridgehead atoms. The molecule has 5 rings (SSSR count). The third kappa shape index (κ3) is 4.92. The summed E-state index contributed by atoms with van der Waals surface area (Å²) in [6.07, 6.45) is 1.43. The third-order valence-corrected chi connectivity index (χ3v) is 7.03. The summed E-state index contributed by atoms with van der Waals surface area (Å²) in [7, 11) is 1.62. The summed E-state index contributed by atoms with van der Waals surface area (Å²) < 4.78 is 7.74. The molecule has 0 aliphatic carbocycles. The Morgan fingerprint density at radius 1 is 0.972 bits per heavy atom. The van der Waals surface area contributed by atoms with Crippen LogP contribution in [-0.2, 0) is 22.6 Å². The number of carbonyl (C=O) groups is 1. The molecule has 1 saturated heterocycles. The maximum atomic E-state index is 13.7.